The van der Waals surface area contributed by atoms with Gasteiger partial charge in [-0.15, -0.1) is 0 Å². The molecule has 1 heterocycles. The van der Waals surface area contributed by atoms with Gasteiger partial charge in [0.2, 0.25) is 0 Å². The minimum atomic E-state index is 0.478. The van der Waals surface area contributed by atoms with Gasteiger partial charge in [-0.3, -0.25) is 4.68 Å². The Morgan fingerprint density at radius 1 is 1.35 bits per heavy atom. The van der Waals surface area contributed by atoms with E-state index in [-0.39, 0.29) is 0 Å². The molecule has 0 aliphatic rings. The lowest BCUT2D eigenvalue weighted by molar-refractivity contribution is 0.263. The van der Waals surface area contributed by atoms with E-state index in [0.29, 0.717) is 5.41 Å². The normalized spacial score (nSPS) is 14.8. The van der Waals surface area contributed by atoms with Crippen LogP contribution in [0.4, 0.5) is 0 Å². The Morgan fingerprint density at radius 2 is 2.12 bits per heavy atom. The number of rotatable bonds is 8. The van der Waals surface area contributed by atoms with E-state index in [4.69, 9.17) is 0 Å². The molecular formula is C14H25BrN2. The van der Waals surface area contributed by atoms with Crippen LogP contribution in [-0.2, 0) is 13.5 Å². The van der Waals surface area contributed by atoms with Crippen molar-refractivity contribution in [3.63, 3.8) is 0 Å². The van der Waals surface area contributed by atoms with Crippen LogP contribution in [-0.4, -0.2) is 15.1 Å². The Hall–Kier alpha value is -0.310. The fourth-order valence-corrected chi connectivity index (χ4v) is 3.23. The summed E-state index contributed by atoms with van der Waals surface area (Å²) in [6, 6.07) is 0. The molecule has 0 spiro atoms. The molecule has 0 bridgehead atoms. The summed E-state index contributed by atoms with van der Waals surface area (Å²) in [7, 11) is 1.98. The van der Waals surface area contributed by atoms with E-state index in [1.165, 1.54) is 37.7 Å². The van der Waals surface area contributed by atoms with Gasteiger partial charge in [-0.1, -0.05) is 42.6 Å². The van der Waals surface area contributed by atoms with Crippen LogP contribution >= 0.6 is 15.9 Å². The largest absolute Gasteiger partial charge is 0.276 e. The van der Waals surface area contributed by atoms with Gasteiger partial charge < -0.3 is 0 Å². The quantitative estimate of drug-likeness (QED) is 0.653. The second-order valence-electron chi connectivity index (χ2n) is 5.11. The Bertz CT molecular complexity index is 316. The summed E-state index contributed by atoms with van der Waals surface area (Å²) in [6.45, 7) is 4.59. The van der Waals surface area contributed by atoms with Gasteiger partial charge in [0.25, 0.3) is 0 Å². The van der Waals surface area contributed by atoms with E-state index in [1.54, 1.807) is 0 Å². The number of aromatic nitrogens is 2. The van der Waals surface area contributed by atoms with Gasteiger partial charge in [0.1, 0.15) is 0 Å². The van der Waals surface area contributed by atoms with Crippen LogP contribution < -0.4 is 0 Å². The molecule has 98 valence electrons. The fraction of sp³-hybridized carbons (Fsp3) is 0.786. The molecule has 0 fully saturated rings. The van der Waals surface area contributed by atoms with Gasteiger partial charge in [-0.05, 0) is 36.7 Å². The first-order chi connectivity index (χ1) is 8.15. The maximum Gasteiger partial charge on any atom is 0.0521 e. The van der Waals surface area contributed by atoms with Crippen molar-refractivity contribution in [2.45, 2.75) is 52.4 Å². The van der Waals surface area contributed by atoms with Crippen molar-refractivity contribution in [3.05, 3.63) is 18.0 Å². The minimum Gasteiger partial charge on any atom is -0.276 e. The first-order valence-electron chi connectivity index (χ1n) is 6.69. The zero-order valence-corrected chi connectivity index (χ0v) is 13.0. The second-order valence-corrected chi connectivity index (χ2v) is 5.67. The molecule has 0 aromatic carbocycles. The highest BCUT2D eigenvalue weighted by Gasteiger charge is 2.25. The predicted molar refractivity (Wildman–Crippen MR) is 77.6 cm³/mol. The lowest BCUT2D eigenvalue weighted by atomic mass is 9.78. The number of nitrogens with zero attached hydrogens (tertiary/aromatic N) is 2. The summed E-state index contributed by atoms with van der Waals surface area (Å²) < 4.78 is 1.89. The third-order valence-electron chi connectivity index (χ3n) is 3.80. The number of halogens is 1. The highest BCUT2D eigenvalue weighted by atomic mass is 79.9. The predicted octanol–water partition coefficient (Wildman–Crippen LogP) is 4.33. The monoisotopic (exact) mass is 300 g/mol. The molecule has 0 amide bonds. The number of aryl methyl sites for hydroxylation is 2. The molecule has 0 saturated heterocycles. The summed E-state index contributed by atoms with van der Waals surface area (Å²) in [4.78, 5) is 0. The minimum absolute atomic E-state index is 0.478. The van der Waals surface area contributed by atoms with Crippen molar-refractivity contribution in [3.8, 4) is 0 Å². The van der Waals surface area contributed by atoms with Gasteiger partial charge in [0, 0.05) is 18.6 Å². The summed E-state index contributed by atoms with van der Waals surface area (Å²) in [5, 5.41) is 5.36. The standard InChI is InChI=1S/C14H25BrN2/c1-4-6-8-14(5-2,12-15)9-7-13-10-16-17(3)11-13/h10-11H,4-9,12H2,1-3H3. The average molecular weight is 301 g/mol. The highest BCUT2D eigenvalue weighted by molar-refractivity contribution is 9.09. The molecule has 0 saturated carbocycles. The van der Waals surface area contributed by atoms with Gasteiger partial charge in [-0.2, -0.15) is 5.10 Å². The van der Waals surface area contributed by atoms with Gasteiger partial charge in [0.05, 0.1) is 6.20 Å². The molecule has 0 N–H and O–H groups in total. The Kier molecular flexibility index (Phi) is 6.24. The molecule has 1 atom stereocenters. The van der Waals surface area contributed by atoms with Crippen molar-refractivity contribution in [1.29, 1.82) is 0 Å². The van der Waals surface area contributed by atoms with Crippen LogP contribution in [0.15, 0.2) is 12.4 Å². The summed E-state index contributed by atoms with van der Waals surface area (Å²) in [6.07, 6.45) is 11.8. The molecule has 1 unspecified atom stereocenters. The van der Waals surface area contributed by atoms with Gasteiger partial charge in [-0.25, -0.2) is 0 Å². The van der Waals surface area contributed by atoms with Crippen molar-refractivity contribution < 1.29 is 0 Å². The van der Waals surface area contributed by atoms with Crippen molar-refractivity contribution in [1.82, 2.24) is 9.78 Å². The van der Waals surface area contributed by atoms with Crippen LogP contribution in [0.5, 0.6) is 0 Å². The van der Waals surface area contributed by atoms with E-state index in [9.17, 15) is 0 Å². The van der Waals surface area contributed by atoms with E-state index in [2.05, 4.69) is 41.1 Å². The smallest absolute Gasteiger partial charge is 0.0521 e. The third-order valence-corrected chi connectivity index (χ3v) is 4.99. The van der Waals surface area contributed by atoms with Crippen LogP contribution in [0.3, 0.4) is 0 Å². The molecule has 0 aliphatic heterocycles. The highest BCUT2D eigenvalue weighted by Crippen LogP contribution is 2.35. The summed E-state index contributed by atoms with van der Waals surface area (Å²) in [5.74, 6) is 0. The van der Waals surface area contributed by atoms with Gasteiger partial charge >= 0.3 is 0 Å². The SMILES string of the molecule is CCCCC(CC)(CBr)CCc1cnn(C)c1. The molecule has 2 nitrogen and oxygen atoms in total. The molecule has 1 aromatic heterocycles. The molecule has 0 aliphatic carbocycles. The first-order valence-corrected chi connectivity index (χ1v) is 7.81. The zero-order chi connectivity index (χ0) is 12.7. The molecular weight excluding hydrogens is 276 g/mol. The van der Waals surface area contributed by atoms with Crippen LogP contribution in [0, 0.1) is 5.41 Å². The molecule has 17 heavy (non-hydrogen) atoms. The average Bonchev–Trinajstić information content (AvgIpc) is 2.76. The zero-order valence-electron chi connectivity index (χ0n) is 11.4. The topological polar surface area (TPSA) is 17.8 Å². The van der Waals surface area contributed by atoms with Crippen LogP contribution in [0.1, 0.15) is 51.5 Å². The van der Waals surface area contributed by atoms with Crippen molar-refractivity contribution in [2.75, 3.05) is 5.33 Å². The maximum absolute atomic E-state index is 4.24. The van der Waals surface area contributed by atoms with Crippen molar-refractivity contribution >= 4 is 15.9 Å². The maximum atomic E-state index is 4.24. The van der Waals surface area contributed by atoms with Crippen molar-refractivity contribution in [2.24, 2.45) is 12.5 Å². The number of hydrogen-bond acceptors (Lipinski definition) is 1. The molecule has 3 heteroatoms. The van der Waals surface area contributed by atoms with E-state index >= 15 is 0 Å². The van der Waals surface area contributed by atoms with Crippen LogP contribution in [0.25, 0.3) is 0 Å². The Labute approximate surface area is 114 Å². The first kappa shape index (κ1) is 14.7. The number of unbranched alkanes of at least 4 members (excludes halogenated alkanes) is 1. The van der Waals surface area contributed by atoms with Crippen LogP contribution in [0.2, 0.25) is 0 Å². The lowest BCUT2D eigenvalue weighted by Gasteiger charge is -2.31. The van der Waals surface area contributed by atoms with E-state index in [0.717, 1.165) is 11.8 Å². The third kappa shape index (κ3) is 4.46. The second kappa shape index (κ2) is 7.20. The number of hydrogen-bond donors (Lipinski definition) is 0. The number of alkyl halides is 1. The van der Waals surface area contributed by atoms with E-state index in [1.807, 2.05) is 17.9 Å². The van der Waals surface area contributed by atoms with E-state index < -0.39 is 0 Å². The molecule has 1 rings (SSSR count). The summed E-state index contributed by atoms with van der Waals surface area (Å²) >= 11 is 3.72. The molecule has 1 aromatic rings. The molecule has 0 radical (unpaired) electrons. The lowest BCUT2D eigenvalue weighted by Crippen LogP contribution is -2.22. The summed E-state index contributed by atoms with van der Waals surface area (Å²) in [5.41, 5.74) is 1.84. The van der Waals surface area contributed by atoms with Gasteiger partial charge in [0.15, 0.2) is 0 Å². The Morgan fingerprint density at radius 3 is 2.59 bits per heavy atom. The Balaban J connectivity index is 2.54. The fourth-order valence-electron chi connectivity index (χ4n) is 2.27.